The van der Waals surface area contributed by atoms with Gasteiger partial charge in [-0.05, 0) is 42.7 Å². The SMILES string of the molecule is CCNC(=NCc1cccc(OCc2ccccn2)c1)N1CC(C)C(C(=O)OC)C1. The van der Waals surface area contributed by atoms with E-state index >= 15 is 0 Å². The Morgan fingerprint density at radius 2 is 2.13 bits per heavy atom. The molecule has 0 saturated carbocycles. The van der Waals surface area contributed by atoms with Crippen molar-refractivity contribution in [3.63, 3.8) is 0 Å². The van der Waals surface area contributed by atoms with Crippen molar-refractivity contribution in [3.8, 4) is 5.75 Å². The first-order valence-electron chi connectivity index (χ1n) is 10.3. The molecule has 7 nitrogen and oxygen atoms in total. The molecule has 160 valence electrons. The van der Waals surface area contributed by atoms with Gasteiger partial charge in [-0.15, -0.1) is 0 Å². The number of pyridine rings is 1. The highest BCUT2D eigenvalue weighted by Gasteiger charge is 2.36. The number of aromatic nitrogens is 1. The zero-order chi connectivity index (χ0) is 21.3. The van der Waals surface area contributed by atoms with Crippen LogP contribution in [0.3, 0.4) is 0 Å². The molecule has 2 unspecified atom stereocenters. The molecule has 30 heavy (non-hydrogen) atoms. The van der Waals surface area contributed by atoms with Gasteiger partial charge in [-0.3, -0.25) is 9.78 Å². The number of methoxy groups -OCH3 is 1. The van der Waals surface area contributed by atoms with Crippen molar-refractivity contribution in [3.05, 3.63) is 59.9 Å². The van der Waals surface area contributed by atoms with E-state index in [2.05, 4.69) is 22.1 Å². The summed E-state index contributed by atoms with van der Waals surface area (Å²) in [5, 5.41) is 3.34. The van der Waals surface area contributed by atoms with Gasteiger partial charge in [0.15, 0.2) is 5.96 Å². The zero-order valence-corrected chi connectivity index (χ0v) is 17.9. The standard InChI is InChI=1S/C23H30N4O3/c1-4-24-23(27-14-17(2)21(15-27)22(28)29-3)26-13-18-8-7-10-20(12-18)30-16-19-9-5-6-11-25-19/h5-12,17,21H,4,13-16H2,1-3H3,(H,24,26). The lowest BCUT2D eigenvalue weighted by Crippen LogP contribution is -2.40. The molecule has 0 bridgehead atoms. The fourth-order valence-corrected chi connectivity index (χ4v) is 3.56. The molecule has 1 aliphatic rings. The summed E-state index contributed by atoms with van der Waals surface area (Å²) in [5.41, 5.74) is 1.94. The fourth-order valence-electron chi connectivity index (χ4n) is 3.56. The van der Waals surface area contributed by atoms with Crippen molar-refractivity contribution < 1.29 is 14.3 Å². The number of nitrogens with one attached hydrogen (secondary N) is 1. The largest absolute Gasteiger partial charge is 0.487 e. The Morgan fingerprint density at radius 3 is 2.87 bits per heavy atom. The summed E-state index contributed by atoms with van der Waals surface area (Å²) in [5.74, 6) is 1.56. The number of aliphatic imine (C=N–C) groups is 1. The van der Waals surface area contributed by atoms with Crippen LogP contribution in [0.5, 0.6) is 5.75 Å². The molecule has 1 aromatic carbocycles. The smallest absolute Gasteiger partial charge is 0.310 e. The molecular weight excluding hydrogens is 380 g/mol. The van der Waals surface area contributed by atoms with Crippen LogP contribution < -0.4 is 10.1 Å². The molecule has 0 spiro atoms. The molecule has 1 N–H and O–H groups in total. The molecule has 1 aromatic heterocycles. The Morgan fingerprint density at radius 1 is 1.27 bits per heavy atom. The highest BCUT2D eigenvalue weighted by Crippen LogP contribution is 2.24. The van der Waals surface area contributed by atoms with Gasteiger partial charge in [0.1, 0.15) is 12.4 Å². The normalized spacial score (nSPS) is 18.9. The highest BCUT2D eigenvalue weighted by atomic mass is 16.5. The molecule has 2 atom stereocenters. The van der Waals surface area contributed by atoms with Gasteiger partial charge in [0.2, 0.25) is 0 Å². The molecule has 0 amide bonds. The molecular formula is C23H30N4O3. The lowest BCUT2D eigenvalue weighted by atomic mass is 9.99. The zero-order valence-electron chi connectivity index (χ0n) is 17.9. The molecule has 2 aromatic rings. The monoisotopic (exact) mass is 410 g/mol. The van der Waals surface area contributed by atoms with Crippen LogP contribution in [0.4, 0.5) is 0 Å². The minimum atomic E-state index is -0.154. The molecule has 1 fully saturated rings. The molecule has 1 aliphatic heterocycles. The van der Waals surface area contributed by atoms with Crippen LogP contribution in [0.15, 0.2) is 53.7 Å². The van der Waals surface area contributed by atoms with Crippen LogP contribution in [-0.2, 0) is 22.7 Å². The second-order valence-corrected chi connectivity index (χ2v) is 7.44. The number of ether oxygens (including phenoxy) is 2. The summed E-state index contributed by atoms with van der Waals surface area (Å²) in [4.78, 5) is 23.2. The number of rotatable bonds is 7. The van der Waals surface area contributed by atoms with Gasteiger partial charge in [0.25, 0.3) is 0 Å². The summed E-state index contributed by atoms with van der Waals surface area (Å²) >= 11 is 0. The molecule has 3 rings (SSSR count). The average Bonchev–Trinajstić information content (AvgIpc) is 3.17. The van der Waals surface area contributed by atoms with E-state index < -0.39 is 0 Å². The minimum absolute atomic E-state index is 0.123. The second-order valence-electron chi connectivity index (χ2n) is 7.44. The molecule has 1 saturated heterocycles. The van der Waals surface area contributed by atoms with Crippen LogP contribution in [0, 0.1) is 11.8 Å². The summed E-state index contributed by atoms with van der Waals surface area (Å²) in [6.07, 6.45) is 1.76. The maximum absolute atomic E-state index is 12.0. The minimum Gasteiger partial charge on any atom is -0.487 e. The van der Waals surface area contributed by atoms with Crippen LogP contribution in [0.25, 0.3) is 0 Å². The lowest BCUT2D eigenvalue weighted by Gasteiger charge is -2.21. The summed E-state index contributed by atoms with van der Waals surface area (Å²) < 4.78 is 10.8. The quantitative estimate of drug-likeness (QED) is 0.430. The fraction of sp³-hybridized carbons (Fsp3) is 0.435. The van der Waals surface area contributed by atoms with Gasteiger partial charge < -0.3 is 19.7 Å². The third kappa shape index (κ3) is 5.72. The first kappa shape index (κ1) is 21.6. The van der Waals surface area contributed by atoms with E-state index in [1.54, 1.807) is 6.20 Å². The van der Waals surface area contributed by atoms with Crippen LogP contribution in [0.2, 0.25) is 0 Å². The first-order valence-corrected chi connectivity index (χ1v) is 10.3. The Hall–Kier alpha value is -3.09. The van der Waals surface area contributed by atoms with Gasteiger partial charge in [-0.25, -0.2) is 4.99 Å². The van der Waals surface area contributed by atoms with Crippen molar-refractivity contribution in [2.24, 2.45) is 16.8 Å². The Kier molecular flexibility index (Phi) is 7.65. The predicted molar refractivity (Wildman–Crippen MR) is 116 cm³/mol. The third-order valence-electron chi connectivity index (χ3n) is 5.17. The number of esters is 1. The van der Waals surface area contributed by atoms with Crippen LogP contribution >= 0.6 is 0 Å². The van der Waals surface area contributed by atoms with Gasteiger partial charge >= 0.3 is 5.97 Å². The number of guanidine groups is 1. The predicted octanol–water partition coefficient (Wildman–Crippen LogP) is 2.87. The lowest BCUT2D eigenvalue weighted by molar-refractivity contribution is -0.145. The second kappa shape index (κ2) is 10.6. The van der Waals surface area contributed by atoms with E-state index in [9.17, 15) is 4.79 Å². The average molecular weight is 411 g/mol. The number of benzene rings is 1. The van der Waals surface area contributed by atoms with Gasteiger partial charge in [0, 0.05) is 25.8 Å². The van der Waals surface area contributed by atoms with E-state index in [4.69, 9.17) is 14.5 Å². The van der Waals surface area contributed by atoms with E-state index in [0.29, 0.717) is 19.7 Å². The third-order valence-corrected chi connectivity index (χ3v) is 5.17. The molecule has 0 radical (unpaired) electrons. The molecule has 0 aliphatic carbocycles. The van der Waals surface area contributed by atoms with E-state index in [0.717, 1.165) is 36.1 Å². The summed E-state index contributed by atoms with van der Waals surface area (Å²) in [6, 6.07) is 13.7. The van der Waals surface area contributed by atoms with Crippen molar-refractivity contribution in [2.45, 2.75) is 27.0 Å². The number of hydrogen-bond acceptors (Lipinski definition) is 5. The highest BCUT2D eigenvalue weighted by molar-refractivity contribution is 5.82. The van der Waals surface area contributed by atoms with Crippen LogP contribution in [0.1, 0.15) is 25.1 Å². The number of carbonyl (C=O) groups is 1. The van der Waals surface area contributed by atoms with E-state index in [-0.39, 0.29) is 17.8 Å². The van der Waals surface area contributed by atoms with Crippen LogP contribution in [-0.4, -0.2) is 48.6 Å². The Bertz CT molecular complexity index is 857. The van der Waals surface area contributed by atoms with Crippen molar-refractivity contribution in [1.82, 2.24) is 15.2 Å². The Balaban J connectivity index is 1.64. The number of carbonyl (C=O) groups excluding carboxylic acids is 1. The molecule has 7 heteroatoms. The van der Waals surface area contributed by atoms with Crippen molar-refractivity contribution >= 4 is 11.9 Å². The number of hydrogen-bond donors (Lipinski definition) is 1. The van der Waals surface area contributed by atoms with Crippen molar-refractivity contribution in [2.75, 3.05) is 26.7 Å². The van der Waals surface area contributed by atoms with Crippen molar-refractivity contribution in [1.29, 1.82) is 0 Å². The Labute approximate surface area is 178 Å². The van der Waals surface area contributed by atoms with Gasteiger partial charge in [-0.2, -0.15) is 0 Å². The number of likely N-dealkylation sites (tertiary alicyclic amines) is 1. The van der Waals surface area contributed by atoms with E-state index in [1.807, 2.05) is 49.4 Å². The van der Waals surface area contributed by atoms with Gasteiger partial charge in [-0.1, -0.05) is 25.1 Å². The molecule has 2 heterocycles. The van der Waals surface area contributed by atoms with E-state index in [1.165, 1.54) is 7.11 Å². The number of nitrogens with zero attached hydrogens (tertiary/aromatic N) is 3. The summed E-state index contributed by atoms with van der Waals surface area (Å²) in [6.45, 7) is 7.23. The maximum atomic E-state index is 12.0. The first-order chi connectivity index (χ1) is 14.6. The topological polar surface area (TPSA) is 76.1 Å². The van der Waals surface area contributed by atoms with Gasteiger partial charge in [0.05, 0.1) is 25.3 Å². The summed E-state index contributed by atoms with van der Waals surface area (Å²) in [7, 11) is 1.44. The maximum Gasteiger partial charge on any atom is 0.310 e.